The highest BCUT2D eigenvalue weighted by molar-refractivity contribution is 5.01. The number of hydrogen-bond acceptors (Lipinski definition) is 4. The fourth-order valence-electron chi connectivity index (χ4n) is 1.93. The molecule has 1 rings (SSSR count). The van der Waals surface area contributed by atoms with Gasteiger partial charge >= 0.3 is 0 Å². The van der Waals surface area contributed by atoms with E-state index in [0.29, 0.717) is 19.6 Å². The number of nitrogens with one attached hydrogen (secondary N) is 1. The van der Waals surface area contributed by atoms with Gasteiger partial charge in [0.2, 0.25) is 0 Å². The lowest BCUT2D eigenvalue weighted by Crippen LogP contribution is -2.56. The summed E-state index contributed by atoms with van der Waals surface area (Å²) in [4.78, 5) is 0. The molecule has 0 spiro atoms. The molecule has 1 fully saturated rings. The van der Waals surface area contributed by atoms with Crippen LogP contribution in [-0.4, -0.2) is 32.0 Å². The highest BCUT2D eigenvalue weighted by atomic mass is 16.5. The van der Waals surface area contributed by atoms with Crippen molar-refractivity contribution in [1.29, 1.82) is 0 Å². The predicted octanol–water partition coefficient (Wildman–Crippen LogP) is 0.0372. The third kappa shape index (κ3) is 2.25. The van der Waals surface area contributed by atoms with E-state index in [-0.39, 0.29) is 11.6 Å². The first-order valence-corrected chi connectivity index (χ1v) is 4.81. The molecule has 0 aliphatic carbocycles. The van der Waals surface area contributed by atoms with E-state index in [2.05, 4.69) is 11.3 Å². The van der Waals surface area contributed by atoms with Crippen LogP contribution in [-0.2, 0) is 9.47 Å². The highest BCUT2D eigenvalue weighted by Gasteiger charge is 2.39. The Morgan fingerprint density at radius 2 is 2.29 bits per heavy atom. The second kappa shape index (κ2) is 5.32. The third-order valence-corrected chi connectivity index (χ3v) is 2.90. The summed E-state index contributed by atoms with van der Waals surface area (Å²) in [6, 6.07) is 0.00130. The van der Waals surface area contributed by atoms with E-state index in [1.165, 1.54) is 0 Å². The molecule has 0 aromatic heterocycles. The molecule has 1 heterocycles. The summed E-state index contributed by atoms with van der Waals surface area (Å²) < 4.78 is 10.9. The summed E-state index contributed by atoms with van der Waals surface area (Å²) in [6.45, 7) is 1.41. The number of hydrazine groups is 1. The molecule has 0 bridgehead atoms. The Bertz CT molecular complexity index is 207. The first kappa shape index (κ1) is 11.5. The molecule has 0 saturated carbocycles. The van der Waals surface area contributed by atoms with Gasteiger partial charge in [0.15, 0.2) is 0 Å². The van der Waals surface area contributed by atoms with Crippen molar-refractivity contribution in [2.24, 2.45) is 5.84 Å². The van der Waals surface area contributed by atoms with Gasteiger partial charge < -0.3 is 9.47 Å². The SMILES string of the molecule is C#CCC(NN)C1(OC)CCOCC1. The van der Waals surface area contributed by atoms with Crippen LogP contribution in [0.25, 0.3) is 0 Å². The van der Waals surface area contributed by atoms with Crippen LogP contribution in [0.5, 0.6) is 0 Å². The topological polar surface area (TPSA) is 56.5 Å². The molecule has 3 N–H and O–H groups in total. The molecule has 0 aromatic rings. The van der Waals surface area contributed by atoms with Crippen LogP contribution < -0.4 is 11.3 Å². The second-order valence-corrected chi connectivity index (χ2v) is 3.51. The van der Waals surface area contributed by atoms with Gasteiger partial charge in [-0.2, -0.15) is 0 Å². The first-order chi connectivity index (χ1) is 6.79. The van der Waals surface area contributed by atoms with Gasteiger partial charge in [0.1, 0.15) is 0 Å². The van der Waals surface area contributed by atoms with Crippen molar-refractivity contribution >= 4 is 0 Å². The molecule has 14 heavy (non-hydrogen) atoms. The van der Waals surface area contributed by atoms with Crippen LogP contribution in [0.15, 0.2) is 0 Å². The summed E-state index contributed by atoms with van der Waals surface area (Å²) in [5.74, 6) is 8.10. The van der Waals surface area contributed by atoms with Crippen molar-refractivity contribution in [3.8, 4) is 12.3 Å². The smallest absolute Gasteiger partial charge is 0.0897 e. The molecule has 1 saturated heterocycles. The van der Waals surface area contributed by atoms with E-state index in [9.17, 15) is 0 Å². The summed E-state index contributed by atoms with van der Waals surface area (Å²) in [6.07, 6.45) is 7.53. The standard InChI is InChI=1S/C10H18N2O2/c1-3-4-9(12-11)10(13-2)5-7-14-8-6-10/h1,9,12H,4-8,11H2,2H3. The molecular formula is C10H18N2O2. The van der Waals surface area contributed by atoms with Crippen LogP contribution in [0.3, 0.4) is 0 Å². The van der Waals surface area contributed by atoms with Crippen molar-refractivity contribution in [1.82, 2.24) is 5.43 Å². The molecule has 1 unspecified atom stereocenters. The van der Waals surface area contributed by atoms with Gasteiger partial charge in [-0.1, -0.05) is 0 Å². The maximum absolute atomic E-state index is 5.57. The number of rotatable bonds is 4. The monoisotopic (exact) mass is 198 g/mol. The second-order valence-electron chi connectivity index (χ2n) is 3.51. The van der Waals surface area contributed by atoms with Gasteiger partial charge in [0.05, 0.1) is 11.6 Å². The molecular weight excluding hydrogens is 180 g/mol. The van der Waals surface area contributed by atoms with E-state index >= 15 is 0 Å². The summed E-state index contributed by atoms with van der Waals surface area (Å²) in [5.41, 5.74) is 2.48. The Labute approximate surface area is 85.1 Å². The molecule has 4 heteroatoms. The molecule has 4 nitrogen and oxygen atoms in total. The van der Waals surface area contributed by atoms with E-state index in [1.807, 2.05) is 0 Å². The normalized spacial score (nSPS) is 22.6. The average molecular weight is 198 g/mol. The minimum Gasteiger partial charge on any atom is -0.381 e. The Balaban J connectivity index is 2.69. The van der Waals surface area contributed by atoms with Gasteiger partial charge in [-0.15, -0.1) is 12.3 Å². The quantitative estimate of drug-likeness (QED) is 0.380. The van der Waals surface area contributed by atoms with Crippen LogP contribution in [0.4, 0.5) is 0 Å². The zero-order valence-corrected chi connectivity index (χ0v) is 8.58. The van der Waals surface area contributed by atoms with Crippen molar-refractivity contribution in [3.05, 3.63) is 0 Å². The van der Waals surface area contributed by atoms with Crippen molar-refractivity contribution < 1.29 is 9.47 Å². The highest BCUT2D eigenvalue weighted by Crippen LogP contribution is 2.29. The molecule has 0 radical (unpaired) electrons. The van der Waals surface area contributed by atoms with Crippen LogP contribution in [0, 0.1) is 12.3 Å². The lowest BCUT2D eigenvalue weighted by Gasteiger charge is -2.41. The fourth-order valence-corrected chi connectivity index (χ4v) is 1.93. The molecule has 1 aliphatic rings. The van der Waals surface area contributed by atoms with E-state index in [1.54, 1.807) is 7.11 Å². The van der Waals surface area contributed by atoms with Gasteiger partial charge in [-0.05, 0) is 0 Å². The van der Waals surface area contributed by atoms with Crippen molar-refractivity contribution in [2.75, 3.05) is 20.3 Å². The molecule has 0 aromatic carbocycles. The number of methoxy groups -OCH3 is 1. The Morgan fingerprint density at radius 3 is 2.71 bits per heavy atom. The summed E-state index contributed by atoms with van der Waals surface area (Å²) >= 11 is 0. The molecule has 1 aliphatic heterocycles. The Morgan fingerprint density at radius 1 is 1.64 bits per heavy atom. The van der Waals surface area contributed by atoms with Gasteiger partial charge in [-0.25, -0.2) is 0 Å². The maximum atomic E-state index is 5.57. The van der Waals surface area contributed by atoms with E-state index in [0.717, 1.165) is 12.8 Å². The summed E-state index contributed by atoms with van der Waals surface area (Å²) in [5, 5.41) is 0. The third-order valence-electron chi connectivity index (χ3n) is 2.90. The Hall–Kier alpha value is -0.600. The Kier molecular flexibility index (Phi) is 4.36. The largest absolute Gasteiger partial charge is 0.381 e. The average Bonchev–Trinajstić information content (AvgIpc) is 2.27. The minimum absolute atomic E-state index is 0.00130. The fraction of sp³-hybridized carbons (Fsp3) is 0.800. The summed E-state index contributed by atoms with van der Waals surface area (Å²) in [7, 11) is 1.70. The molecule has 80 valence electrons. The van der Waals surface area contributed by atoms with Crippen molar-refractivity contribution in [2.45, 2.75) is 30.9 Å². The van der Waals surface area contributed by atoms with Crippen LogP contribution in [0.1, 0.15) is 19.3 Å². The van der Waals surface area contributed by atoms with E-state index < -0.39 is 0 Å². The van der Waals surface area contributed by atoms with Gasteiger partial charge in [-0.3, -0.25) is 11.3 Å². The van der Waals surface area contributed by atoms with Crippen LogP contribution >= 0.6 is 0 Å². The zero-order valence-electron chi connectivity index (χ0n) is 8.58. The number of hydrogen-bond donors (Lipinski definition) is 2. The number of terminal acetylenes is 1. The number of nitrogens with two attached hydrogens (primary N) is 1. The lowest BCUT2D eigenvalue weighted by atomic mass is 9.84. The van der Waals surface area contributed by atoms with Gasteiger partial charge in [0.25, 0.3) is 0 Å². The minimum atomic E-state index is -0.265. The van der Waals surface area contributed by atoms with Crippen molar-refractivity contribution in [3.63, 3.8) is 0 Å². The first-order valence-electron chi connectivity index (χ1n) is 4.81. The number of ether oxygens (including phenoxy) is 2. The van der Waals surface area contributed by atoms with E-state index in [4.69, 9.17) is 21.7 Å². The molecule has 0 amide bonds. The maximum Gasteiger partial charge on any atom is 0.0897 e. The van der Waals surface area contributed by atoms with Gasteiger partial charge in [0, 0.05) is 39.6 Å². The lowest BCUT2D eigenvalue weighted by molar-refractivity contribution is -0.109. The molecule has 1 atom stereocenters. The predicted molar refractivity (Wildman–Crippen MR) is 54.4 cm³/mol. The van der Waals surface area contributed by atoms with Crippen LogP contribution in [0.2, 0.25) is 0 Å². The zero-order chi connectivity index (χ0) is 10.4.